The molecular formula is C30H29Cl2F3N6O3. The second kappa shape index (κ2) is 10.7. The number of hydrogen-bond acceptors (Lipinski definition) is 7. The van der Waals surface area contributed by atoms with Gasteiger partial charge in [0.25, 0.3) is 0 Å². The maximum absolute atomic E-state index is 14.1. The molecule has 1 spiro atoms. The number of benzene rings is 1. The van der Waals surface area contributed by atoms with E-state index in [1.807, 2.05) is 26.8 Å². The first-order valence-electron chi connectivity index (χ1n) is 13.9. The number of nitrogens with one attached hydrogen (secondary N) is 1. The number of fused-ring (bicyclic) bond motifs is 1. The molecule has 0 unspecified atom stereocenters. The zero-order chi connectivity index (χ0) is 31.6. The van der Waals surface area contributed by atoms with Crippen LogP contribution in [0.2, 0.25) is 10.0 Å². The molecule has 44 heavy (non-hydrogen) atoms. The second-order valence-electron chi connectivity index (χ2n) is 12.3. The summed E-state index contributed by atoms with van der Waals surface area (Å²) < 4.78 is 53.7. The summed E-state index contributed by atoms with van der Waals surface area (Å²) in [5, 5.41) is 7.46. The van der Waals surface area contributed by atoms with Gasteiger partial charge in [-0.05, 0) is 52.0 Å². The van der Waals surface area contributed by atoms with Gasteiger partial charge in [-0.15, -0.1) is 0 Å². The van der Waals surface area contributed by atoms with Gasteiger partial charge in [0.1, 0.15) is 28.8 Å². The number of aromatic nitrogens is 4. The molecule has 4 aromatic rings. The highest BCUT2D eigenvalue weighted by molar-refractivity contribution is 6.35. The van der Waals surface area contributed by atoms with Crippen LogP contribution < -0.4 is 9.64 Å². The van der Waals surface area contributed by atoms with Gasteiger partial charge in [0.2, 0.25) is 0 Å². The molecule has 2 aliphatic rings. The topological polar surface area (TPSA) is 96.5 Å². The van der Waals surface area contributed by atoms with E-state index in [0.29, 0.717) is 29.9 Å². The van der Waals surface area contributed by atoms with Crippen molar-refractivity contribution in [2.45, 2.75) is 45.6 Å². The number of anilines is 1. The Labute approximate surface area is 261 Å². The molecule has 232 valence electrons. The highest BCUT2D eigenvalue weighted by atomic mass is 35.5. The van der Waals surface area contributed by atoms with E-state index in [0.717, 1.165) is 25.0 Å². The molecule has 1 aromatic carbocycles. The lowest BCUT2D eigenvalue weighted by atomic mass is 9.73. The van der Waals surface area contributed by atoms with Crippen LogP contribution in [0.15, 0.2) is 42.9 Å². The molecule has 2 saturated heterocycles. The fourth-order valence-electron chi connectivity index (χ4n) is 5.73. The third kappa shape index (κ3) is 5.72. The first kappa shape index (κ1) is 30.3. The van der Waals surface area contributed by atoms with Crippen molar-refractivity contribution < 1.29 is 27.4 Å². The number of pyridine rings is 2. The van der Waals surface area contributed by atoms with Crippen molar-refractivity contribution in [3.05, 3.63) is 64.0 Å². The van der Waals surface area contributed by atoms with Crippen LogP contribution in [-0.4, -0.2) is 62.9 Å². The molecule has 0 bridgehead atoms. The smallest absolute Gasteiger partial charge is 0.418 e. The third-order valence-electron chi connectivity index (χ3n) is 7.66. The predicted molar refractivity (Wildman–Crippen MR) is 160 cm³/mol. The summed E-state index contributed by atoms with van der Waals surface area (Å²) in [5.74, 6) is 0.708. The molecule has 14 heteroatoms. The average molecular weight is 650 g/mol. The first-order chi connectivity index (χ1) is 20.6. The van der Waals surface area contributed by atoms with Crippen LogP contribution in [0, 0.1) is 5.41 Å². The summed E-state index contributed by atoms with van der Waals surface area (Å²) in [4.78, 5) is 24.6. The van der Waals surface area contributed by atoms with Crippen LogP contribution in [0.1, 0.15) is 44.9 Å². The van der Waals surface area contributed by atoms with Crippen LogP contribution in [-0.2, 0) is 10.9 Å². The van der Waals surface area contributed by atoms with Crippen LogP contribution in [0.4, 0.5) is 23.8 Å². The standard InChI is InChI=1S/C30H29Cl2F3N6O3/c1-16(24-21(31)10-36-11-22(24)32)43-18-7-19-25(38-39-26(19)20(8-18)30(33,34)35)17-5-6-23(37-9-17)40-12-29(13-40)14-41(15-29)27(42)44-28(2,3)4/h5-11,16H,12-15H2,1-4H3,(H,38,39)/t16-/m1/s1. The van der Waals surface area contributed by atoms with Gasteiger partial charge < -0.3 is 19.3 Å². The van der Waals surface area contributed by atoms with E-state index in [2.05, 4.69) is 25.1 Å². The molecule has 2 fully saturated rings. The van der Waals surface area contributed by atoms with Crippen LogP contribution in [0.3, 0.4) is 0 Å². The molecule has 6 rings (SSSR count). The number of nitrogens with zero attached hydrogens (tertiary/aromatic N) is 5. The number of aromatic amines is 1. The Morgan fingerprint density at radius 1 is 1.05 bits per heavy atom. The van der Waals surface area contributed by atoms with Crippen molar-refractivity contribution in [3.8, 4) is 17.0 Å². The van der Waals surface area contributed by atoms with E-state index >= 15 is 0 Å². The van der Waals surface area contributed by atoms with Crippen molar-refractivity contribution in [2.24, 2.45) is 5.41 Å². The van der Waals surface area contributed by atoms with Crippen molar-refractivity contribution in [1.82, 2.24) is 25.1 Å². The van der Waals surface area contributed by atoms with Crippen LogP contribution in [0.25, 0.3) is 22.2 Å². The van der Waals surface area contributed by atoms with Gasteiger partial charge in [0.05, 0.1) is 21.3 Å². The summed E-state index contributed by atoms with van der Waals surface area (Å²) in [6, 6.07) is 6.02. The van der Waals surface area contributed by atoms with Gasteiger partial charge in [-0.25, -0.2) is 9.78 Å². The number of carbonyl (C=O) groups is 1. The lowest BCUT2D eigenvalue weighted by molar-refractivity contribution is -0.136. The maximum atomic E-state index is 14.1. The predicted octanol–water partition coefficient (Wildman–Crippen LogP) is 7.54. The highest BCUT2D eigenvalue weighted by Crippen LogP contribution is 2.44. The number of halogens is 5. The molecule has 1 atom stereocenters. The molecule has 1 N–H and O–H groups in total. The number of H-pyrrole nitrogens is 1. The normalized spacial score (nSPS) is 16.9. The van der Waals surface area contributed by atoms with Crippen LogP contribution >= 0.6 is 23.2 Å². The van der Waals surface area contributed by atoms with E-state index in [9.17, 15) is 18.0 Å². The molecule has 3 aromatic heterocycles. The van der Waals surface area contributed by atoms with E-state index in [1.165, 1.54) is 18.5 Å². The van der Waals surface area contributed by atoms with E-state index < -0.39 is 23.4 Å². The van der Waals surface area contributed by atoms with Gasteiger partial charge in [-0.1, -0.05) is 23.2 Å². The van der Waals surface area contributed by atoms with Crippen LogP contribution in [0.5, 0.6) is 5.75 Å². The number of hydrogen-bond donors (Lipinski definition) is 1. The number of likely N-dealkylation sites (tertiary alicyclic amines) is 1. The van der Waals surface area contributed by atoms with E-state index in [1.54, 1.807) is 24.1 Å². The Bertz CT molecular complexity index is 1700. The number of amides is 1. The molecule has 5 heterocycles. The minimum absolute atomic E-state index is 0.0169. The average Bonchev–Trinajstić information content (AvgIpc) is 3.29. The Hall–Kier alpha value is -3.77. The molecule has 0 radical (unpaired) electrons. The van der Waals surface area contributed by atoms with E-state index in [-0.39, 0.29) is 38.2 Å². The van der Waals surface area contributed by atoms with Gasteiger partial charge in [-0.2, -0.15) is 18.3 Å². The zero-order valence-electron chi connectivity index (χ0n) is 24.3. The lowest BCUT2D eigenvalue weighted by Gasteiger charge is -2.60. The Kier molecular flexibility index (Phi) is 7.35. The number of carbonyl (C=O) groups excluding carboxylic acids is 1. The third-order valence-corrected chi connectivity index (χ3v) is 8.27. The first-order valence-corrected chi connectivity index (χ1v) is 14.6. The zero-order valence-corrected chi connectivity index (χ0v) is 25.8. The fraction of sp³-hybridized carbons (Fsp3) is 0.400. The van der Waals surface area contributed by atoms with Gasteiger partial charge >= 0.3 is 12.3 Å². The number of rotatable bonds is 5. The van der Waals surface area contributed by atoms with E-state index in [4.69, 9.17) is 32.7 Å². The summed E-state index contributed by atoms with van der Waals surface area (Å²) >= 11 is 12.5. The minimum atomic E-state index is -4.69. The second-order valence-corrected chi connectivity index (χ2v) is 13.2. The number of ether oxygens (including phenoxy) is 2. The SMILES string of the molecule is C[C@@H](Oc1cc(C(F)(F)F)c2n[nH]c(-c3ccc(N4CC5(CN(C(=O)OC(C)(C)C)C5)C4)nc3)c2c1)c1c(Cl)cncc1Cl. The summed E-state index contributed by atoms with van der Waals surface area (Å²) in [6.45, 7) is 9.89. The molecule has 9 nitrogen and oxygen atoms in total. The molecular weight excluding hydrogens is 620 g/mol. The quantitative estimate of drug-likeness (QED) is 0.239. The monoisotopic (exact) mass is 648 g/mol. The molecule has 0 aliphatic carbocycles. The Morgan fingerprint density at radius 3 is 2.32 bits per heavy atom. The summed E-state index contributed by atoms with van der Waals surface area (Å²) in [6.07, 6.45) is -1.38. The molecule has 2 aliphatic heterocycles. The Morgan fingerprint density at radius 2 is 1.73 bits per heavy atom. The highest BCUT2D eigenvalue weighted by Gasteiger charge is 2.54. The van der Waals surface area contributed by atoms with Gasteiger partial charge in [-0.3, -0.25) is 10.1 Å². The largest absolute Gasteiger partial charge is 0.486 e. The van der Waals surface area contributed by atoms with Crippen molar-refractivity contribution >= 4 is 46.0 Å². The molecule has 0 saturated carbocycles. The Balaban J connectivity index is 1.20. The minimum Gasteiger partial charge on any atom is -0.486 e. The molecule has 1 amide bonds. The van der Waals surface area contributed by atoms with Gasteiger partial charge in [0.15, 0.2) is 0 Å². The summed E-state index contributed by atoms with van der Waals surface area (Å²) in [7, 11) is 0. The van der Waals surface area contributed by atoms with Crippen molar-refractivity contribution in [2.75, 3.05) is 31.1 Å². The van der Waals surface area contributed by atoms with Crippen molar-refractivity contribution in [1.29, 1.82) is 0 Å². The van der Waals surface area contributed by atoms with Gasteiger partial charge in [0, 0.05) is 66.7 Å². The maximum Gasteiger partial charge on any atom is 0.418 e. The lowest BCUT2D eigenvalue weighted by Crippen LogP contribution is -2.73. The van der Waals surface area contributed by atoms with Crippen molar-refractivity contribution in [3.63, 3.8) is 0 Å². The number of alkyl halides is 3. The summed E-state index contributed by atoms with van der Waals surface area (Å²) in [5.41, 5.74) is -0.357. The fourth-order valence-corrected chi connectivity index (χ4v) is 6.41.